The first-order valence-corrected chi connectivity index (χ1v) is 10.2. The molecule has 0 saturated heterocycles. The van der Waals surface area contributed by atoms with Crippen molar-refractivity contribution >= 4 is 23.4 Å². The first-order valence-electron chi connectivity index (χ1n) is 8.58. The van der Waals surface area contributed by atoms with Gasteiger partial charge in [0.2, 0.25) is 0 Å². The molecule has 4 rings (SSSR count). The van der Waals surface area contributed by atoms with E-state index in [4.69, 9.17) is 21.6 Å². The SMILES string of the molecule is CSc1ccc(-c2cc(-c3ccccc3)nc(-c3ccc(Cl)cc3)n2)cc1. The Morgan fingerprint density at radius 3 is 1.81 bits per heavy atom. The number of halogens is 1. The summed E-state index contributed by atoms with van der Waals surface area (Å²) in [4.78, 5) is 10.9. The molecule has 0 aliphatic rings. The molecule has 4 aromatic rings. The van der Waals surface area contributed by atoms with Crippen LogP contribution >= 0.6 is 23.4 Å². The quantitative estimate of drug-likeness (QED) is 0.357. The molecule has 0 bridgehead atoms. The third-order valence-electron chi connectivity index (χ3n) is 4.28. The van der Waals surface area contributed by atoms with Gasteiger partial charge in [-0.1, -0.05) is 54.1 Å². The van der Waals surface area contributed by atoms with Crippen LogP contribution in [-0.2, 0) is 0 Å². The standard InChI is InChI=1S/C23H17ClN2S/c1-27-20-13-9-17(10-14-20)22-15-21(16-5-3-2-4-6-16)25-23(26-22)18-7-11-19(24)12-8-18/h2-15H,1H3. The maximum atomic E-state index is 6.04. The van der Waals surface area contributed by atoms with Crippen LogP contribution in [0.15, 0.2) is 89.8 Å². The summed E-state index contributed by atoms with van der Waals surface area (Å²) in [5, 5.41) is 0.700. The number of aromatic nitrogens is 2. The lowest BCUT2D eigenvalue weighted by Gasteiger charge is -2.10. The van der Waals surface area contributed by atoms with Gasteiger partial charge in [0.15, 0.2) is 5.82 Å². The van der Waals surface area contributed by atoms with Gasteiger partial charge in [-0.3, -0.25) is 0 Å². The van der Waals surface area contributed by atoms with Gasteiger partial charge < -0.3 is 0 Å². The van der Waals surface area contributed by atoms with E-state index < -0.39 is 0 Å². The van der Waals surface area contributed by atoms with E-state index >= 15 is 0 Å². The minimum absolute atomic E-state index is 0.692. The molecule has 0 radical (unpaired) electrons. The molecule has 0 unspecified atom stereocenters. The Kier molecular flexibility index (Phi) is 5.23. The Morgan fingerprint density at radius 1 is 0.667 bits per heavy atom. The van der Waals surface area contributed by atoms with Crippen LogP contribution in [0.2, 0.25) is 5.02 Å². The van der Waals surface area contributed by atoms with Crippen LogP contribution < -0.4 is 0 Å². The van der Waals surface area contributed by atoms with Crippen molar-refractivity contribution in [3.8, 4) is 33.9 Å². The van der Waals surface area contributed by atoms with Crippen LogP contribution in [0.4, 0.5) is 0 Å². The molecule has 0 aliphatic heterocycles. The summed E-state index contributed by atoms with van der Waals surface area (Å²) in [6.45, 7) is 0. The van der Waals surface area contributed by atoms with Gasteiger partial charge in [0.05, 0.1) is 11.4 Å². The van der Waals surface area contributed by atoms with Crippen molar-refractivity contribution in [1.82, 2.24) is 9.97 Å². The molecule has 2 nitrogen and oxygen atoms in total. The summed E-state index contributed by atoms with van der Waals surface area (Å²) in [7, 11) is 0. The smallest absolute Gasteiger partial charge is 0.160 e. The lowest BCUT2D eigenvalue weighted by molar-refractivity contribution is 1.18. The zero-order chi connectivity index (χ0) is 18.6. The Balaban J connectivity index is 1.87. The van der Waals surface area contributed by atoms with E-state index in [1.807, 2.05) is 48.5 Å². The topological polar surface area (TPSA) is 25.8 Å². The Bertz CT molecular complexity index is 1050. The molecule has 132 valence electrons. The molecular formula is C23H17ClN2S. The predicted molar refractivity (Wildman–Crippen MR) is 115 cm³/mol. The van der Waals surface area contributed by atoms with E-state index in [-0.39, 0.29) is 0 Å². The second-order valence-corrected chi connectivity index (χ2v) is 7.38. The summed E-state index contributed by atoms with van der Waals surface area (Å²) in [5.74, 6) is 0.692. The predicted octanol–water partition coefficient (Wildman–Crippen LogP) is 6.85. The van der Waals surface area contributed by atoms with Crippen molar-refractivity contribution in [3.05, 3.63) is 90.0 Å². The summed E-state index contributed by atoms with van der Waals surface area (Å²) in [5.41, 5.74) is 4.89. The van der Waals surface area contributed by atoms with Crippen molar-refractivity contribution in [1.29, 1.82) is 0 Å². The van der Waals surface area contributed by atoms with Crippen molar-refractivity contribution in [2.75, 3.05) is 6.26 Å². The normalized spacial score (nSPS) is 10.7. The van der Waals surface area contributed by atoms with Crippen LogP contribution in [-0.4, -0.2) is 16.2 Å². The van der Waals surface area contributed by atoms with E-state index in [9.17, 15) is 0 Å². The number of hydrogen-bond donors (Lipinski definition) is 0. The van der Waals surface area contributed by atoms with E-state index in [0.717, 1.165) is 28.1 Å². The van der Waals surface area contributed by atoms with Gasteiger partial charge in [-0.05, 0) is 48.7 Å². The summed E-state index contributed by atoms with van der Waals surface area (Å²) < 4.78 is 0. The molecule has 0 spiro atoms. The molecule has 0 fully saturated rings. The number of thioether (sulfide) groups is 1. The second kappa shape index (κ2) is 7.95. The molecule has 0 atom stereocenters. The molecule has 0 saturated carbocycles. The van der Waals surface area contributed by atoms with Gasteiger partial charge in [0, 0.05) is 26.6 Å². The van der Waals surface area contributed by atoms with E-state index in [1.54, 1.807) is 11.8 Å². The maximum Gasteiger partial charge on any atom is 0.160 e. The summed E-state index contributed by atoms with van der Waals surface area (Å²) >= 11 is 7.77. The molecule has 1 heterocycles. The fourth-order valence-corrected chi connectivity index (χ4v) is 3.38. The zero-order valence-electron chi connectivity index (χ0n) is 14.8. The minimum atomic E-state index is 0.692. The molecule has 3 aromatic carbocycles. The number of benzene rings is 3. The van der Waals surface area contributed by atoms with Gasteiger partial charge in [0.25, 0.3) is 0 Å². The molecule has 4 heteroatoms. The van der Waals surface area contributed by atoms with Crippen molar-refractivity contribution < 1.29 is 0 Å². The van der Waals surface area contributed by atoms with E-state index in [1.165, 1.54) is 4.90 Å². The van der Waals surface area contributed by atoms with Gasteiger partial charge >= 0.3 is 0 Å². The molecule has 0 amide bonds. The average Bonchev–Trinajstić information content (AvgIpc) is 2.74. The van der Waals surface area contributed by atoms with Crippen LogP contribution in [0.25, 0.3) is 33.9 Å². The second-order valence-electron chi connectivity index (χ2n) is 6.06. The van der Waals surface area contributed by atoms with E-state index in [2.05, 4.69) is 42.7 Å². The highest BCUT2D eigenvalue weighted by Gasteiger charge is 2.10. The molecular weight excluding hydrogens is 372 g/mol. The highest BCUT2D eigenvalue weighted by Crippen LogP contribution is 2.29. The lowest BCUT2D eigenvalue weighted by atomic mass is 10.1. The van der Waals surface area contributed by atoms with Gasteiger partial charge in [-0.2, -0.15) is 0 Å². The number of rotatable bonds is 4. The number of nitrogens with zero attached hydrogens (tertiary/aromatic N) is 2. The minimum Gasteiger partial charge on any atom is -0.228 e. The van der Waals surface area contributed by atoms with Gasteiger partial charge in [0.1, 0.15) is 0 Å². The molecule has 0 aliphatic carbocycles. The third-order valence-corrected chi connectivity index (χ3v) is 5.28. The van der Waals surface area contributed by atoms with Gasteiger partial charge in [-0.15, -0.1) is 11.8 Å². The maximum absolute atomic E-state index is 6.04. The largest absolute Gasteiger partial charge is 0.228 e. The fraction of sp³-hybridized carbons (Fsp3) is 0.0435. The van der Waals surface area contributed by atoms with Crippen molar-refractivity contribution in [2.24, 2.45) is 0 Å². The molecule has 0 N–H and O–H groups in total. The lowest BCUT2D eigenvalue weighted by Crippen LogP contribution is -1.95. The van der Waals surface area contributed by atoms with Crippen LogP contribution in [0.5, 0.6) is 0 Å². The zero-order valence-corrected chi connectivity index (χ0v) is 16.3. The van der Waals surface area contributed by atoms with Crippen LogP contribution in [0.1, 0.15) is 0 Å². The van der Waals surface area contributed by atoms with Crippen molar-refractivity contribution in [3.63, 3.8) is 0 Å². The Hall–Kier alpha value is -2.62. The first kappa shape index (κ1) is 17.8. The summed E-state index contributed by atoms with van der Waals surface area (Å²) in [6.07, 6.45) is 2.08. The highest BCUT2D eigenvalue weighted by atomic mass is 35.5. The Labute approximate surface area is 168 Å². The third kappa shape index (κ3) is 4.05. The molecule has 1 aromatic heterocycles. The van der Waals surface area contributed by atoms with Crippen molar-refractivity contribution in [2.45, 2.75) is 4.90 Å². The average molecular weight is 389 g/mol. The first-order chi connectivity index (χ1) is 13.2. The van der Waals surface area contributed by atoms with Gasteiger partial charge in [-0.25, -0.2) is 9.97 Å². The van der Waals surface area contributed by atoms with Crippen LogP contribution in [0, 0.1) is 0 Å². The monoisotopic (exact) mass is 388 g/mol. The van der Waals surface area contributed by atoms with E-state index in [0.29, 0.717) is 10.8 Å². The summed E-state index contributed by atoms with van der Waals surface area (Å²) in [6, 6.07) is 28.3. The number of hydrogen-bond acceptors (Lipinski definition) is 3. The fourth-order valence-electron chi connectivity index (χ4n) is 2.84. The molecule has 27 heavy (non-hydrogen) atoms. The highest BCUT2D eigenvalue weighted by molar-refractivity contribution is 7.98. The Morgan fingerprint density at radius 2 is 1.22 bits per heavy atom. The van der Waals surface area contributed by atoms with Crippen LogP contribution in [0.3, 0.4) is 0 Å².